The second-order valence-electron chi connectivity index (χ2n) is 5.77. The van der Waals surface area contributed by atoms with Gasteiger partial charge in [-0.2, -0.15) is 0 Å². The van der Waals surface area contributed by atoms with Crippen molar-refractivity contribution in [3.63, 3.8) is 0 Å². The maximum atomic E-state index is 12.4. The molecule has 1 aliphatic rings. The predicted molar refractivity (Wildman–Crippen MR) is 93.9 cm³/mol. The summed E-state index contributed by atoms with van der Waals surface area (Å²) >= 11 is 4.75. The minimum atomic E-state index is -0.486. The van der Waals surface area contributed by atoms with Crippen LogP contribution in [0, 0.1) is 5.92 Å². The van der Waals surface area contributed by atoms with E-state index in [1.807, 2.05) is 0 Å². The number of pyridine rings is 1. The molecule has 2 amide bonds. The molecule has 2 aromatic rings. The van der Waals surface area contributed by atoms with E-state index < -0.39 is 5.91 Å². The molecular weight excluding hydrogens is 378 g/mol. The molecule has 0 bridgehead atoms. The highest BCUT2D eigenvalue weighted by atomic mass is 79.9. The third-order valence-electron chi connectivity index (χ3n) is 3.95. The summed E-state index contributed by atoms with van der Waals surface area (Å²) in [5, 5.41) is 3.37. The number of fused-ring (bicyclic) bond motifs is 1. The van der Waals surface area contributed by atoms with Crippen LogP contribution in [0.1, 0.15) is 44.5 Å². The van der Waals surface area contributed by atoms with Crippen LogP contribution in [0.2, 0.25) is 0 Å². The number of hydrogen-bond donors (Lipinski definition) is 2. The summed E-state index contributed by atoms with van der Waals surface area (Å²) in [6, 6.07) is 1.68. The van der Waals surface area contributed by atoms with Crippen molar-refractivity contribution in [2.75, 3.05) is 5.32 Å². The maximum Gasteiger partial charge on any atom is 0.257 e. The number of nitrogens with one attached hydrogen (secondary N) is 1. The Balaban J connectivity index is 1.94. The van der Waals surface area contributed by atoms with E-state index in [1.165, 1.54) is 17.5 Å². The van der Waals surface area contributed by atoms with Gasteiger partial charge in [0.05, 0.1) is 11.1 Å². The van der Waals surface area contributed by atoms with Crippen LogP contribution in [0.3, 0.4) is 0 Å². The van der Waals surface area contributed by atoms with Gasteiger partial charge >= 0.3 is 0 Å². The molecule has 23 heavy (non-hydrogen) atoms. The second kappa shape index (κ2) is 6.41. The molecule has 0 fully saturated rings. The summed E-state index contributed by atoms with van der Waals surface area (Å²) in [7, 11) is 0. The van der Waals surface area contributed by atoms with Gasteiger partial charge in [-0.25, -0.2) is 0 Å². The Bertz CT molecular complexity index is 788. The van der Waals surface area contributed by atoms with Gasteiger partial charge in [-0.3, -0.25) is 14.6 Å². The van der Waals surface area contributed by atoms with Gasteiger partial charge in [-0.1, -0.05) is 6.92 Å². The molecule has 7 heteroatoms. The van der Waals surface area contributed by atoms with Crippen molar-refractivity contribution in [2.45, 2.75) is 26.2 Å². The number of hydrogen-bond acceptors (Lipinski definition) is 4. The Hall–Kier alpha value is -1.73. The van der Waals surface area contributed by atoms with E-state index in [1.54, 1.807) is 12.3 Å². The van der Waals surface area contributed by atoms with E-state index in [0.717, 1.165) is 34.2 Å². The van der Waals surface area contributed by atoms with Gasteiger partial charge in [-0.05, 0) is 52.7 Å². The molecule has 0 spiro atoms. The van der Waals surface area contributed by atoms with Gasteiger partial charge in [-0.15, -0.1) is 11.3 Å². The summed E-state index contributed by atoms with van der Waals surface area (Å²) in [6.07, 6.45) is 5.89. The van der Waals surface area contributed by atoms with E-state index in [4.69, 9.17) is 5.73 Å². The third-order valence-corrected chi connectivity index (χ3v) is 5.56. The quantitative estimate of drug-likeness (QED) is 0.837. The van der Waals surface area contributed by atoms with Crippen LogP contribution >= 0.6 is 27.3 Å². The molecule has 3 N–H and O–H groups in total. The van der Waals surface area contributed by atoms with E-state index in [2.05, 4.69) is 33.2 Å². The summed E-state index contributed by atoms with van der Waals surface area (Å²) < 4.78 is 0.722. The summed E-state index contributed by atoms with van der Waals surface area (Å²) in [6.45, 7) is 2.19. The molecule has 120 valence electrons. The molecule has 0 saturated carbocycles. The smallest absolute Gasteiger partial charge is 0.257 e. The summed E-state index contributed by atoms with van der Waals surface area (Å²) in [5.41, 5.74) is 7.45. The van der Waals surface area contributed by atoms with Gasteiger partial charge in [0, 0.05) is 21.7 Å². The molecule has 3 rings (SSSR count). The normalized spacial score (nSPS) is 16.7. The number of aromatic nitrogens is 1. The molecule has 2 aromatic heterocycles. The van der Waals surface area contributed by atoms with Crippen molar-refractivity contribution in [1.29, 1.82) is 0 Å². The van der Waals surface area contributed by atoms with Gasteiger partial charge in [0.2, 0.25) is 0 Å². The number of halogens is 1. The lowest BCUT2D eigenvalue weighted by molar-refractivity contribution is 0.1000. The first-order chi connectivity index (χ1) is 11.0. The number of nitrogens with zero attached hydrogens (tertiary/aromatic N) is 1. The minimum absolute atomic E-state index is 0.298. The van der Waals surface area contributed by atoms with Crippen molar-refractivity contribution in [1.82, 2.24) is 4.98 Å². The molecule has 1 unspecified atom stereocenters. The van der Waals surface area contributed by atoms with Crippen LogP contribution in [0.4, 0.5) is 5.00 Å². The molecule has 0 saturated heterocycles. The van der Waals surface area contributed by atoms with E-state index in [9.17, 15) is 9.59 Å². The average molecular weight is 394 g/mol. The Kier molecular flexibility index (Phi) is 4.50. The van der Waals surface area contributed by atoms with Gasteiger partial charge < -0.3 is 11.1 Å². The first-order valence-corrected chi connectivity index (χ1v) is 8.93. The lowest BCUT2D eigenvalue weighted by Crippen LogP contribution is -2.19. The number of rotatable bonds is 3. The number of anilines is 1. The molecular formula is C16H16BrN3O2S. The van der Waals surface area contributed by atoms with Crippen molar-refractivity contribution in [3.8, 4) is 0 Å². The van der Waals surface area contributed by atoms with Crippen LogP contribution in [-0.4, -0.2) is 16.8 Å². The van der Waals surface area contributed by atoms with E-state index in [-0.39, 0.29) is 5.91 Å². The fraction of sp³-hybridized carbons (Fsp3) is 0.312. The fourth-order valence-corrected chi connectivity index (χ4v) is 4.59. The lowest BCUT2D eigenvalue weighted by Gasteiger charge is -2.18. The maximum absolute atomic E-state index is 12.4. The number of primary amides is 1. The molecule has 0 aromatic carbocycles. The van der Waals surface area contributed by atoms with Crippen LogP contribution in [0.5, 0.6) is 0 Å². The zero-order valence-corrected chi connectivity index (χ0v) is 15.0. The Labute approximate surface area is 146 Å². The molecule has 1 atom stereocenters. The highest BCUT2D eigenvalue weighted by Crippen LogP contribution is 2.39. The van der Waals surface area contributed by atoms with Gasteiger partial charge in [0.25, 0.3) is 11.8 Å². The second-order valence-corrected chi connectivity index (χ2v) is 7.79. The van der Waals surface area contributed by atoms with Gasteiger partial charge in [0.15, 0.2) is 0 Å². The minimum Gasteiger partial charge on any atom is -0.365 e. The highest BCUT2D eigenvalue weighted by molar-refractivity contribution is 9.10. The fourth-order valence-electron chi connectivity index (χ4n) is 2.81. The Morgan fingerprint density at radius 3 is 2.91 bits per heavy atom. The SMILES string of the molecule is CC1CCc2c(sc(NC(=O)c3cncc(Br)c3)c2C(N)=O)C1. The van der Waals surface area contributed by atoms with Crippen LogP contribution in [0.15, 0.2) is 22.9 Å². The third kappa shape index (κ3) is 3.30. The number of carbonyl (C=O) groups is 2. The van der Waals surface area contributed by atoms with Crippen LogP contribution in [-0.2, 0) is 12.8 Å². The Morgan fingerprint density at radius 2 is 2.22 bits per heavy atom. The first-order valence-electron chi connectivity index (χ1n) is 7.32. The number of amides is 2. The topological polar surface area (TPSA) is 85.1 Å². The molecule has 0 aliphatic heterocycles. The van der Waals surface area contributed by atoms with E-state index in [0.29, 0.717) is 22.0 Å². The Morgan fingerprint density at radius 1 is 1.43 bits per heavy atom. The van der Waals surface area contributed by atoms with Crippen molar-refractivity contribution >= 4 is 44.1 Å². The van der Waals surface area contributed by atoms with Crippen molar-refractivity contribution < 1.29 is 9.59 Å². The van der Waals surface area contributed by atoms with Crippen molar-refractivity contribution in [3.05, 3.63) is 44.5 Å². The average Bonchev–Trinajstić information content (AvgIpc) is 2.84. The number of thiophene rings is 1. The summed E-state index contributed by atoms with van der Waals surface area (Å²) in [4.78, 5) is 29.4. The van der Waals surface area contributed by atoms with E-state index >= 15 is 0 Å². The molecule has 1 aliphatic carbocycles. The molecule has 5 nitrogen and oxygen atoms in total. The lowest BCUT2D eigenvalue weighted by atomic mass is 9.88. The summed E-state index contributed by atoms with van der Waals surface area (Å²) in [5.74, 6) is -0.202. The standard InChI is InChI=1S/C16H16BrN3O2S/c1-8-2-3-11-12(4-8)23-16(13(11)14(18)21)20-15(22)9-5-10(17)7-19-6-9/h5-8H,2-4H2,1H3,(H2,18,21)(H,20,22). The first kappa shape index (κ1) is 16.1. The number of carbonyl (C=O) groups excluding carboxylic acids is 2. The largest absolute Gasteiger partial charge is 0.365 e. The van der Waals surface area contributed by atoms with Crippen molar-refractivity contribution in [2.24, 2.45) is 11.7 Å². The molecule has 2 heterocycles. The zero-order chi connectivity index (χ0) is 16.6. The highest BCUT2D eigenvalue weighted by Gasteiger charge is 2.27. The zero-order valence-electron chi connectivity index (χ0n) is 12.6. The monoisotopic (exact) mass is 393 g/mol. The van der Waals surface area contributed by atoms with Crippen LogP contribution < -0.4 is 11.1 Å². The molecule has 0 radical (unpaired) electrons. The number of nitrogens with two attached hydrogens (primary N) is 1. The van der Waals surface area contributed by atoms with Crippen LogP contribution in [0.25, 0.3) is 0 Å². The van der Waals surface area contributed by atoms with Gasteiger partial charge in [0.1, 0.15) is 5.00 Å². The predicted octanol–water partition coefficient (Wildman–Crippen LogP) is 3.38.